The van der Waals surface area contributed by atoms with E-state index in [9.17, 15) is 4.79 Å². The van der Waals surface area contributed by atoms with Crippen LogP contribution in [0.3, 0.4) is 0 Å². The van der Waals surface area contributed by atoms with Crippen LogP contribution >= 0.6 is 11.6 Å². The first-order valence-electron chi connectivity index (χ1n) is 6.45. The van der Waals surface area contributed by atoms with Crippen molar-refractivity contribution in [1.29, 1.82) is 0 Å². The maximum atomic E-state index is 12.1. The lowest BCUT2D eigenvalue weighted by atomic mass is 10.1. The number of carbonyl (C=O) groups is 1. The molecule has 0 unspecified atom stereocenters. The third-order valence-electron chi connectivity index (χ3n) is 3.15. The summed E-state index contributed by atoms with van der Waals surface area (Å²) in [5.41, 5.74) is 8.14. The van der Waals surface area contributed by atoms with E-state index in [0.29, 0.717) is 17.1 Å². The molecule has 2 aromatic carbocycles. The second-order valence-corrected chi connectivity index (χ2v) is 5.09. The minimum atomic E-state index is -0.110. The van der Waals surface area contributed by atoms with Crippen LogP contribution in [0, 0.1) is 0 Å². The Morgan fingerprint density at radius 1 is 1.25 bits per heavy atom. The largest absolute Gasteiger partial charge is 0.346 e. The molecule has 0 saturated carbocycles. The number of nitrogens with one attached hydrogen (secondary N) is 1. The molecule has 1 atom stereocenters. The van der Waals surface area contributed by atoms with Crippen LogP contribution in [0.25, 0.3) is 0 Å². The SMILES string of the molecule is C[C@H](NC(=O)c1ccc(CN)cc1)c1cccc(Cl)c1. The fourth-order valence-corrected chi connectivity index (χ4v) is 2.13. The fraction of sp³-hybridized carbons (Fsp3) is 0.188. The first kappa shape index (κ1) is 14.6. The van der Waals surface area contributed by atoms with Crippen LogP contribution in [0.2, 0.25) is 5.02 Å². The minimum absolute atomic E-state index is 0.101. The molecule has 0 heterocycles. The average molecular weight is 289 g/mol. The lowest BCUT2D eigenvalue weighted by Gasteiger charge is -2.14. The van der Waals surface area contributed by atoms with E-state index in [1.165, 1.54) is 0 Å². The van der Waals surface area contributed by atoms with Gasteiger partial charge in [0.2, 0.25) is 0 Å². The Hall–Kier alpha value is -1.84. The molecule has 1 amide bonds. The van der Waals surface area contributed by atoms with E-state index in [2.05, 4.69) is 5.32 Å². The number of rotatable bonds is 4. The van der Waals surface area contributed by atoms with Gasteiger partial charge in [-0.2, -0.15) is 0 Å². The Morgan fingerprint density at radius 2 is 1.95 bits per heavy atom. The monoisotopic (exact) mass is 288 g/mol. The lowest BCUT2D eigenvalue weighted by molar-refractivity contribution is 0.0940. The highest BCUT2D eigenvalue weighted by molar-refractivity contribution is 6.30. The lowest BCUT2D eigenvalue weighted by Crippen LogP contribution is -2.26. The van der Waals surface area contributed by atoms with Crippen LogP contribution in [0.1, 0.15) is 34.5 Å². The van der Waals surface area contributed by atoms with Crippen LogP contribution < -0.4 is 11.1 Å². The highest BCUT2D eigenvalue weighted by Gasteiger charge is 2.11. The third kappa shape index (κ3) is 3.59. The van der Waals surface area contributed by atoms with Crippen LogP contribution in [-0.2, 0) is 6.54 Å². The molecule has 0 fully saturated rings. The molecule has 0 radical (unpaired) electrons. The molecule has 0 aliphatic rings. The number of nitrogens with two attached hydrogens (primary N) is 1. The summed E-state index contributed by atoms with van der Waals surface area (Å²) < 4.78 is 0. The molecule has 20 heavy (non-hydrogen) atoms. The molecule has 2 rings (SSSR count). The molecule has 3 nitrogen and oxygen atoms in total. The normalized spacial score (nSPS) is 11.9. The van der Waals surface area contributed by atoms with E-state index in [-0.39, 0.29) is 11.9 Å². The van der Waals surface area contributed by atoms with E-state index >= 15 is 0 Å². The zero-order valence-corrected chi connectivity index (χ0v) is 12.0. The zero-order chi connectivity index (χ0) is 14.5. The van der Waals surface area contributed by atoms with Gasteiger partial charge in [0.05, 0.1) is 6.04 Å². The maximum absolute atomic E-state index is 12.1. The number of hydrogen-bond donors (Lipinski definition) is 2. The van der Waals surface area contributed by atoms with Gasteiger partial charge in [0.1, 0.15) is 0 Å². The van der Waals surface area contributed by atoms with E-state index in [1.807, 2.05) is 43.3 Å². The number of hydrogen-bond acceptors (Lipinski definition) is 2. The quantitative estimate of drug-likeness (QED) is 0.907. The van der Waals surface area contributed by atoms with Crippen molar-refractivity contribution in [3.05, 3.63) is 70.2 Å². The summed E-state index contributed by atoms with van der Waals surface area (Å²) in [6, 6.07) is 14.7. The van der Waals surface area contributed by atoms with Crippen molar-refractivity contribution in [1.82, 2.24) is 5.32 Å². The summed E-state index contributed by atoms with van der Waals surface area (Å²) in [5, 5.41) is 3.61. The Morgan fingerprint density at radius 3 is 2.55 bits per heavy atom. The molecule has 104 valence electrons. The predicted molar refractivity (Wildman–Crippen MR) is 81.7 cm³/mol. The summed E-state index contributed by atoms with van der Waals surface area (Å²) in [4.78, 5) is 12.1. The van der Waals surface area contributed by atoms with Crippen LogP contribution in [-0.4, -0.2) is 5.91 Å². The zero-order valence-electron chi connectivity index (χ0n) is 11.3. The smallest absolute Gasteiger partial charge is 0.251 e. The van der Waals surface area contributed by atoms with Gasteiger partial charge in [-0.25, -0.2) is 0 Å². The molecule has 0 spiro atoms. The van der Waals surface area contributed by atoms with E-state index in [1.54, 1.807) is 12.1 Å². The summed E-state index contributed by atoms with van der Waals surface area (Å²) in [6.07, 6.45) is 0. The van der Waals surface area contributed by atoms with Gasteiger partial charge in [0.25, 0.3) is 5.91 Å². The standard InChI is InChI=1S/C16H17ClN2O/c1-11(14-3-2-4-15(17)9-14)19-16(20)13-7-5-12(10-18)6-8-13/h2-9,11H,10,18H2,1H3,(H,19,20)/t11-/m0/s1. The van der Waals surface area contributed by atoms with Gasteiger partial charge in [0, 0.05) is 17.1 Å². The molecule has 0 aromatic heterocycles. The van der Waals surface area contributed by atoms with Gasteiger partial charge in [-0.3, -0.25) is 4.79 Å². The van der Waals surface area contributed by atoms with Crippen molar-refractivity contribution >= 4 is 17.5 Å². The topological polar surface area (TPSA) is 55.1 Å². The van der Waals surface area contributed by atoms with Gasteiger partial charge in [0.15, 0.2) is 0 Å². The summed E-state index contributed by atoms with van der Waals surface area (Å²) in [7, 11) is 0. The summed E-state index contributed by atoms with van der Waals surface area (Å²) in [6.45, 7) is 2.40. The van der Waals surface area contributed by atoms with Gasteiger partial charge >= 0.3 is 0 Å². The highest BCUT2D eigenvalue weighted by atomic mass is 35.5. The molecule has 0 bridgehead atoms. The van der Waals surface area contributed by atoms with Crippen molar-refractivity contribution in [2.45, 2.75) is 19.5 Å². The van der Waals surface area contributed by atoms with E-state index < -0.39 is 0 Å². The molecule has 3 N–H and O–H groups in total. The number of benzene rings is 2. The van der Waals surface area contributed by atoms with Crippen molar-refractivity contribution in [2.75, 3.05) is 0 Å². The maximum Gasteiger partial charge on any atom is 0.251 e. The molecule has 2 aromatic rings. The molecule has 0 saturated heterocycles. The van der Waals surface area contributed by atoms with Crippen molar-refractivity contribution < 1.29 is 4.79 Å². The van der Waals surface area contributed by atoms with Gasteiger partial charge in [-0.1, -0.05) is 35.9 Å². The van der Waals surface area contributed by atoms with Crippen molar-refractivity contribution in [3.8, 4) is 0 Å². The summed E-state index contributed by atoms with van der Waals surface area (Å²) in [5.74, 6) is -0.110. The third-order valence-corrected chi connectivity index (χ3v) is 3.38. The predicted octanol–water partition coefficient (Wildman–Crippen LogP) is 3.29. The molecule has 4 heteroatoms. The Labute approximate surface area is 123 Å². The molecule has 0 aliphatic carbocycles. The first-order chi connectivity index (χ1) is 9.60. The Bertz CT molecular complexity index is 596. The number of carbonyl (C=O) groups excluding carboxylic acids is 1. The minimum Gasteiger partial charge on any atom is -0.346 e. The molecule has 0 aliphatic heterocycles. The van der Waals surface area contributed by atoms with Gasteiger partial charge in [-0.15, -0.1) is 0 Å². The Balaban J connectivity index is 2.06. The van der Waals surface area contributed by atoms with Crippen LogP contribution in [0.5, 0.6) is 0 Å². The second-order valence-electron chi connectivity index (χ2n) is 4.65. The van der Waals surface area contributed by atoms with Crippen LogP contribution in [0.15, 0.2) is 48.5 Å². The average Bonchev–Trinajstić information content (AvgIpc) is 2.47. The van der Waals surface area contributed by atoms with E-state index in [4.69, 9.17) is 17.3 Å². The molecular formula is C16H17ClN2O. The van der Waals surface area contributed by atoms with Gasteiger partial charge in [-0.05, 0) is 42.3 Å². The second kappa shape index (κ2) is 6.55. The van der Waals surface area contributed by atoms with Crippen LogP contribution in [0.4, 0.5) is 0 Å². The van der Waals surface area contributed by atoms with Crippen molar-refractivity contribution in [2.24, 2.45) is 5.73 Å². The van der Waals surface area contributed by atoms with Gasteiger partial charge < -0.3 is 11.1 Å². The molecular weight excluding hydrogens is 272 g/mol. The fourth-order valence-electron chi connectivity index (χ4n) is 1.93. The first-order valence-corrected chi connectivity index (χ1v) is 6.83. The van der Waals surface area contributed by atoms with E-state index in [0.717, 1.165) is 11.1 Å². The number of amides is 1. The highest BCUT2D eigenvalue weighted by Crippen LogP contribution is 2.17. The number of halogens is 1. The summed E-state index contributed by atoms with van der Waals surface area (Å²) >= 11 is 5.95. The Kier molecular flexibility index (Phi) is 4.77. The van der Waals surface area contributed by atoms with Crippen molar-refractivity contribution in [3.63, 3.8) is 0 Å².